The van der Waals surface area contributed by atoms with Gasteiger partial charge in [0, 0.05) is 4.47 Å². The first-order chi connectivity index (χ1) is 8.54. The molecule has 0 fully saturated rings. The number of H-pyrrole nitrogens is 1. The smallest absolute Gasteiger partial charge is 0.335 e. The van der Waals surface area contributed by atoms with Crippen LogP contribution in [-0.2, 0) is 0 Å². The number of nitrogens with one attached hydrogen (secondary N) is 1. The molecule has 0 amide bonds. The second kappa shape index (κ2) is 4.57. The van der Waals surface area contributed by atoms with Gasteiger partial charge in [0.25, 0.3) is 5.56 Å². The number of halogens is 1. The quantitative estimate of drug-likeness (QED) is 0.818. The highest BCUT2D eigenvalue weighted by molar-refractivity contribution is 9.10. The molecule has 8 heteroatoms. The molecule has 2 N–H and O–H groups in total. The van der Waals surface area contributed by atoms with Gasteiger partial charge >= 0.3 is 5.69 Å². The SMILES string of the molecule is O=Nc1c(O)n(-c2ccc(Br)cc2)c(=O)[nH]c1=O. The van der Waals surface area contributed by atoms with Crippen molar-refractivity contribution in [1.29, 1.82) is 0 Å². The Morgan fingerprint density at radius 1 is 1.22 bits per heavy atom. The number of nitroso groups, excluding NO2 is 1. The summed E-state index contributed by atoms with van der Waals surface area (Å²) in [6.45, 7) is 0. The van der Waals surface area contributed by atoms with Crippen molar-refractivity contribution in [3.63, 3.8) is 0 Å². The lowest BCUT2D eigenvalue weighted by atomic mass is 10.3. The van der Waals surface area contributed by atoms with E-state index in [1.54, 1.807) is 12.1 Å². The summed E-state index contributed by atoms with van der Waals surface area (Å²) in [6, 6.07) is 6.33. The topological polar surface area (TPSA) is 105 Å². The number of nitrogens with zero attached hydrogens (tertiary/aromatic N) is 2. The van der Waals surface area contributed by atoms with Crippen molar-refractivity contribution in [2.75, 3.05) is 0 Å². The fourth-order valence-corrected chi connectivity index (χ4v) is 1.69. The van der Waals surface area contributed by atoms with E-state index < -0.39 is 22.8 Å². The summed E-state index contributed by atoms with van der Waals surface area (Å²) in [6.07, 6.45) is 0. The van der Waals surface area contributed by atoms with Gasteiger partial charge in [0.15, 0.2) is 0 Å². The molecule has 0 aliphatic rings. The van der Waals surface area contributed by atoms with Gasteiger partial charge in [0.1, 0.15) is 0 Å². The van der Waals surface area contributed by atoms with Crippen molar-refractivity contribution in [2.45, 2.75) is 0 Å². The molecule has 0 saturated heterocycles. The van der Waals surface area contributed by atoms with Crippen molar-refractivity contribution >= 4 is 21.6 Å². The van der Waals surface area contributed by atoms with E-state index >= 15 is 0 Å². The Balaban J connectivity index is 2.79. The van der Waals surface area contributed by atoms with Crippen LogP contribution in [0.15, 0.2) is 43.5 Å². The number of aromatic nitrogens is 2. The molecular weight excluding hydrogens is 306 g/mol. The minimum absolute atomic E-state index is 0.293. The van der Waals surface area contributed by atoms with E-state index in [2.05, 4.69) is 21.1 Å². The standard InChI is InChI=1S/C10H6BrN3O4/c11-5-1-3-6(4-2-5)14-9(16)7(13-18)8(15)12-10(14)17/h1-4,16H,(H,12,15,17). The van der Waals surface area contributed by atoms with Crippen LogP contribution in [-0.4, -0.2) is 14.7 Å². The second-order valence-corrected chi connectivity index (χ2v) is 4.25. The highest BCUT2D eigenvalue weighted by Crippen LogP contribution is 2.23. The van der Waals surface area contributed by atoms with Crippen LogP contribution in [0, 0.1) is 4.91 Å². The first-order valence-electron chi connectivity index (χ1n) is 4.72. The molecule has 1 aromatic carbocycles. The van der Waals surface area contributed by atoms with E-state index in [0.717, 1.165) is 9.04 Å². The summed E-state index contributed by atoms with van der Waals surface area (Å²) >= 11 is 3.22. The predicted octanol–water partition coefficient (Wildman–Crippen LogP) is 1.39. The molecule has 1 heterocycles. The van der Waals surface area contributed by atoms with E-state index in [1.807, 2.05) is 4.98 Å². The molecule has 0 spiro atoms. The number of rotatable bonds is 2. The Bertz CT molecular complexity index is 717. The van der Waals surface area contributed by atoms with Crippen molar-refractivity contribution < 1.29 is 5.11 Å². The lowest BCUT2D eigenvalue weighted by Gasteiger charge is -2.08. The Hall–Kier alpha value is -2.22. The maximum atomic E-state index is 11.6. The number of hydrogen-bond acceptors (Lipinski definition) is 5. The number of benzene rings is 1. The van der Waals surface area contributed by atoms with Gasteiger partial charge < -0.3 is 5.11 Å². The van der Waals surface area contributed by atoms with Gasteiger partial charge in [-0.15, -0.1) is 4.91 Å². The van der Waals surface area contributed by atoms with Crippen LogP contribution in [0.1, 0.15) is 0 Å². The van der Waals surface area contributed by atoms with Crippen molar-refractivity contribution in [2.24, 2.45) is 5.18 Å². The van der Waals surface area contributed by atoms with Gasteiger partial charge in [-0.05, 0) is 29.4 Å². The van der Waals surface area contributed by atoms with Crippen LogP contribution in [0.3, 0.4) is 0 Å². The Morgan fingerprint density at radius 2 is 1.83 bits per heavy atom. The van der Waals surface area contributed by atoms with E-state index in [0.29, 0.717) is 5.69 Å². The van der Waals surface area contributed by atoms with Crippen LogP contribution in [0.4, 0.5) is 5.69 Å². The van der Waals surface area contributed by atoms with Gasteiger partial charge in [-0.2, -0.15) is 0 Å². The third-order valence-corrected chi connectivity index (χ3v) is 2.77. The molecule has 0 unspecified atom stereocenters. The molecule has 0 saturated carbocycles. The maximum Gasteiger partial charge on any atom is 0.335 e. The summed E-state index contributed by atoms with van der Waals surface area (Å²) < 4.78 is 1.56. The van der Waals surface area contributed by atoms with Gasteiger partial charge in [0.05, 0.1) is 5.69 Å². The zero-order chi connectivity index (χ0) is 13.3. The summed E-state index contributed by atoms with van der Waals surface area (Å²) in [7, 11) is 0. The van der Waals surface area contributed by atoms with E-state index in [9.17, 15) is 19.6 Å². The fourth-order valence-electron chi connectivity index (χ4n) is 1.43. The molecule has 2 aromatic rings. The first-order valence-corrected chi connectivity index (χ1v) is 5.51. The highest BCUT2D eigenvalue weighted by Gasteiger charge is 2.15. The normalized spacial score (nSPS) is 10.3. The van der Waals surface area contributed by atoms with Crippen LogP contribution in [0.2, 0.25) is 0 Å². The van der Waals surface area contributed by atoms with Crippen LogP contribution in [0.25, 0.3) is 5.69 Å². The fraction of sp³-hybridized carbons (Fsp3) is 0. The molecule has 0 bridgehead atoms. The zero-order valence-corrected chi connectivity index (χ0v) is 10.3. The van der Waals surface area contributed by atoms with Crippen molar-refractivity contribution in [3.05, 3.63) is 54.5 Å². The lowest BCUT2D eigenvalue weighted by molar-refractivity contribution is 0.433. The monoisotopic (exact) mass is 311 g/mol. The van der Waals surface area contributed by atoms with E-state index in [-0.39, 0.29) is 0 Å². The average molecular weight is 312 g/mol. The van der Waals surface area contributed by atoms with Crippen molar-refractivity contribution in [3.8, 4) is 11.6 Å². The largest absolute Gasteiger partial charge is 0.492 e. The summed E-state index contributed by atoms with van der Waals surface area (Å²) in [5.41, 5.74) is -2.33. The summed E-state index contributed by atoms with van der Waals surface area (Å²) in [4.78, 5) is 35.1. The molecule has 18 heavy (non-hydrogen) atoms. The first kappa shape index (κ1) is 12.2. The van der Waals surface area contributed by atoms with E-state index in [1.165, 1.54) is 12.1 Å². The average Bonchev–Trinajstić information content (AvgIpc) is 2.31. The van der Waals surface area contributed by atoms with Crippen LogP contribution in [0.5, 0.6) is 5.88 Å². The van der Waals surface area contributed by atoms with Gasteiger partial charge in [0.2, 0.25) is 11.6 Å². The second-order valence-electron chi connectivity index (χ2n) is 3.33. The van der Waals surface area contributed by atoms with Gasteiger partial charge in [-0.25, -0.2) is 9.36 Å². The number of aromatic hydroxyl groups is 1. The molecule has 0 aliphatic heterocycles. The molecular formula is C10H6BrN3O4. The minimum Gasteiger partial charge on any atom is -0.492 e. The predicted molar refractivity (Wildman–Crippen MR) is 67.5 cm³/mol. The molecule has 92 valence electrons. The molecule has 0 radical (unpaired) electrons. The zero-order valence-electron chi connectivity index (χ0n) is 8.75. The van der Waals surface area contributed by atoms with Gasteiger partial charge in [-0.1, -0.05) is 15.9 Å². The molecule has 0 aliphatic carbocycles. The summed E-state index contributed by atoms with van der Waals surface area (Å²) in [5, 5.41) is 12.1. The summed E-state index contributed by atoms with van der Waals surface area (Å²) in [5.74, 6) is -0.791. The minimum atomic E-state index is -1.03. The Morgan fingerprint density at radius 3 is 2.39 bits per heavy atom. The van der Waals surface area contributed by atoms with E-state index in [4.69, 9.17) is 0 Å². The van der Waals surface area contributed by atoms with Gasteiger partial charge in [-0.3, -0.25) is 9.78 Å². The molecule has 0 atom stereocenters. The molecule has 1 aromatic heterocycles. The Labute approximate surface area is 108 Å². The number of aromatic amines is 1. The maximum absolute atomic E-state index is 11.6. The Kier molecular flexibility index (Phi) is 3.11. The highest BCUT2D eigenvalue weighted by atomic mass is 79.9. The number of hydrogen-bond donors (Lipinski definition) is 2. The van der Waals surface area contributed by atoms with Crippen LogP contribution < -0.4 is 11.2 Å². The van der Waals surface area contributed by atoms with Crippen molar-refractivity contribution in [1.82, 2.24) is 9.55 Å². The molecule has 2 rings (SSSR count). The van der Waals surface area contributed by atoms with Crippen LogP contribution >= 0.6 is 15.9 Å². The lowest BCUT2D eigenvalue weighted by Crippen LogP contribution is -2.28. The molecule has 7 nitrogen and oxygen atoms in total. The third kappa shape index (κ3) is 1.97. The third-order valence-electron chi connectivity index (χ3n) is 2.24.